The third-order valence-corrected chi connectivity index (χ3v) is 15.7. The van der Waals surface area contributed by atoms with Gasteiger partial charge in [-0.1, -0.05) is 0 Å². The van der Waals surface area contributed by atoms with Crippen molar-refractivity contribution < 1.29 is 30.7 Å². The van der Waals surface area contributed by atoms with E-state index < -0.39 is 41.9 Å². The van der Waals surface area contributed by atoms with Crippen LogP contribution in [-0.2, 0) is 20.0 Å². The molecule has 0 amide bonds. The van der Waals surface area contributed by atoms with E-state index in [4.69, 9.17) is 15.2 Å². The summed E-state index contributed by atoms with van der Waals surface area (Å²) in [4.78, 5) is 29.6. The smallest absolute Gasteiger partial charge is 0.316 e. The highest BCUT2D eigenvalue weighted by Crippen LogP contribution is 2.32. The van der Waals surface area contributed by atoms with Gasteiger partial charge in [0.2, 0.25) is 31.5 Å². The zero-order valence-corrected chi connectivity index (χ0v) is 35.3. The third kappa shape index (κ3) is 9.61. The second-order valence-electron chi connectivity index (χ2n) is 15.7. The summed E-state index contributed by atoms with van der Waals surface area (Å²) in [7, 11) is -6.60. The normalized spacial score (nSPS) is 19.2. The molecular formula is C38H56FN9O8S2. The number of hydrogen-bond donors (Lipinski definition) is 2. The molecule has 1 aromatic carbocycles. The van der Waals surface area contributed by atoms with Gasteiger partial charge in [0.15, 0.2) is 0 Å². The Morgan fingerprint density at radius 1 is 0.707 bits per heavy atom. The number of nitrogens with zero attached hydrogens (tertiary/aromatic N) is 7. The molecule has 0 radical (unpaired) electrons. The number of rotatable bonds is 11. The molecule has 2 aromatic heterocycles. The van der Waals surface area contributed by atoms with Crippen LogP contribution in [0.4, 0.5) is 21.5 Å². The molecule has 0 atom stereocenters. The van der Waals surface area contributed by atoms with Gasteiger partial charge in [-0.25, -0.2) is 26.3 Å². The lowest BCUT2D eigenvalue weighted by Crippen LogP contribution is -2.50. The zero-order valence-electron chi connectivity index (χ0n) is 33.7. The number of halogens is 1. The largest absolute Gasteiger partial charge is 0.483 e. The predicted octanol–water partition coefficient (Wildman–Crippen LogP) is 3.09. The molecule has 20 heteroatoms. The number of anilines is 3. The Balaban J connectivity index is 0.000000203. The van der Waals surface area contributed by atoms with E-state index in [1.807, 2.05) is 9.80 Å². The highest BCUT2D eigenvalue weighted by molar-refractivity contribution is 7.90. The van der Waals surface area contributed by atoms with Gasteiger partial charge < -0.3 is 25.0 Å². The van der Waals surface area contributed by atoms with Crippen LogP contribution in [0.2, 0.25) is 0 Å². The first-order valence-electron chi connectivity index (χ1n) is 20.1. The van der Waals surface area contributed by atoms with Gasteiger partial charge in [0, 0.05) is 58.4 Å². The van der Waals surface area contributed by atoms with Crippen LogP contribution in [0.5, 0.6) is 11.5 Å². The number of aromatic nitrogens is 4. The highest BCUT2D eigenvalue weighted by Gasteiger charge is 2.33. The number of benzene rings is 1. The summed E-state index contributed by atoms with van der Waals surface area (Å²) in [5.74, 6) is -0.0829. The first-order valence-corrected chi connectivity index (χ1v) is 23.1. The standard InChI is InChI=1S/C22H30FN5O4S.C16H26N4O4S/c1-15(2)33(30,31)27-11-9-26(10-12-27)20-14-25-28(19-13-16(23)7-8-18(19)24)22(29)21(20)32-17-5-3-4-6-17;1-12(2)25(22,23)20-9-7-19(8-10-20)14-11-17-18-16(21)15(14)24-13-5-3-4-6-13/h7-8,13-15,17H,3-6,9-12,24H2,1-2H3;11-13H,3-10H2,1-2H3,(H,18,21). The Morgan fingerprint density at radius 3 is 1.66 bits per heavy atom. The lowest BCUT2D eigenvalue weighted by atomic mass is 10.2. The number of sulfonamides is 2. The van der Waals surface area contributed by atoms with Gasteiger partial charge in [0.05, 0.1) is 46.5 Å². The maximum Gasteiger partial charge on any atom is 0.316 e. The van der Waals surface area contributed by atoms with E-state index in [1.54, 1.807) is 33.9 Å². The van der Waals surface area contributed by atoms with E-state index in [-0.39, 0.29) is 34.9 Å². The van der Waals surface area contributed by atoms with Crippen molar-refractivity contribution in [3.8, 4) is 17.2 Å². The second kappa shape index (κ2) is 18.3. The van der Waals surface area contributed by atoms with Crippen molar-refractivity contribution in [2.24, 2.45) is 0 Å². The van der Waals surface area contributed by atoms with E-state index >= 15 is 0 Å². The molecule has 4 aliphatic rings. The first-order chi connectivity index (χ1) is 27.6. The predicted molar refractivity (Wildman–Crippen MR) is 221 cm³/mol. The molecule has 7 rings (SSSR count). The van der Waals surface area contributed by atoms with E-state index in [2.05, 4.69) is 15.3 Å². The van der Waals surface area contributed by atoms with Crippen LogP contribution in [0.1, 0.15) is 79.1 Å². The molecule has 0 spiro atoms. The van der Waals surface area contributed by atoms with E-state index in [9.17, 15) is 30.8 Å². The van der Waals surface area contributed by atoms with E-state index in [0.29, 0.717) is 69.5 Å². The zero-order chi connectivity index (χ0) is 41.8. The second-order valence-corrected chi connectivity index (χ2v) is 20.7. The molecule has 17 nitrogen and oxygen atoms in total. The number of aromatic amines is 1. The summed E-state index contributed by atoms with van der Waals surface area (Å²) in [6.07, 6.45) is 11.0. The molecule has 2 saturated carbocycles. The van der Waals surface area contributed by atoms with Crippen molar-refractivity contribution in [3.05, 3.63) is 57.1 Å². The third-order valence-electron chi connectivity index (χ3n) is 11.2. The Morgan fingerprint density at radius 2 is 1.17 bits per heavy atom. The average molecular weight is 850 g/mol. The molecule has 58 heavy (non-hydrogen) atoms. The number of nitrogen functional groups attached to an aromatic ring is 1. The van der Waals surface area contributed by atoms with Crippen LogP contribution < -0.4 is 36.1 Å². The minimum atomic E-state index is -3.35. The monoisotopic (exact) mass is 849 g/mol. The number of nitrogens with one attached hydrogen (secondary N) is 1. The fourth-order valence-electron chi connectivity index (χ4n) is 7.66. The van der Waals surface area contributed by atoms with Gasteiger partial charge in [-0.3, -0.25) is 9.59 Å². The van der Waals surface area contributed by atoms with Gasteiger partial charge >= 0.3 is 11.1 Å². The van der Waals surface area contributed by atoms with Crippen LogP contribution >= 0.6 is 0 Å². The Hall–Kier alpha value is -4.27. The van der Waals surface area contributed by atoms with Gasteiger partial charge in [-0.15, -0.1) is 0 Å². The molecule has 0 unspecified atom stereocenters. The molecule has 4 fully saturated rings. The maximum absolute atomic E-state index is 13.9. The Labute approximate surface area is 339 Å². The van der Waals surface area contributed by atoms with E-state index in [1.165, 1.54) is 26.9 Å². The van der Waals surface area contributed by atoms with Gasteiger partial charge in [-0.05, 0) is 91.2 Å². The number of nitrogens with two attached hydrogens (primary N) is 1. The molecule has 3 aromatic rings. The highest BCUT2D eigenvalue weighted by atomic mass is 32.2. The Kier molecular flexibility index (Phi) is 13.7. The molecule has 2 aliphatic carbocycles. The topological polar surface area (TPSA) is 206 Å². The molecule has 0 bridgehead atoms. The van der Waals surface area contributed by atoms with Crippen molar-refractivity contribution in [1.29, 1.82) is 0 Å². The average Bonchev–Trinajstić information content (AvgIpc) is 3.93. The minimum absolute atomic E-state index is 0.0739. The van der Waals surface area contributed by atoms with Gasteiger partial charge in [0.1, 0.15) is 17.2 Å². The van der Waals surface area contributed by atoms with E-state index in [0.717, 1.165) is 62.1 Å². The van der Waals surface area contributed by atoms with Crippen molar-refractivity contribution >= 4 is 37.1 Å². The SMILES string of the molecule is CC(C)S(=O)(=O)N1CCN(c2cn[nH]c(=O)c2OC2CCCC2)CC1.CC(C)S(=O)(=O)N1CCN(c2cnn(-c3cc(F)ccc3N)c(=O)c2OC2CCCC2)CC1. The van der Waals surface area contributed by atoms with Crippen LogP contribution in [-0.4, -0.2) is 120 Å². The minimum Gasteiger partial charge on any atom is -0.483 e. The van der Waals surface area contributed by atoms with Crippen LogP contribution in [0, 0.1) is 5.82 Å². The summed E-state index contributed by atoms with van der Waals surface area (Å²) >= 11 is 0. The van der Waals surface area contributed by atoms with Crippen molar-refractivity contribution in [1.82, 2.24) is 28.6 Å². The van der Waals surface area contributed by atoms with Crippen LogP contribution in [0.3, 0.4) is 0 Å². The fraction of sp³-hybridized carbons (Fsp3) is 0.632. The molecule has 320 valence electrons. The molecule has 3 N–H and O–H groups in total. The van der Waals surface area contributed by atoms with Crippen LogP contribution in [0.25, 0.3) is 5.69 Å². The Bertz CT molecular complexity index is 2230. The van der Waals surface area contributed by atoms with Crippen molar-refractivity contribution in [2.75, 3.05) is 67.9 Å². The summed E-state index contributed by atoms with van der Waals surface area (Å²) in [5.41, 5.74) is 6.67. The van der Waals surface area contributed by atoms with Crippen molar-refractivity contribution in [3.63, 3.8) is 0 Å². The van der Waals surface area contributed by atoms with Crippen molar-refractivity contribution in [2.45, 2.75) is 102 Å². The summed E-state index contributed by atoms with van der Waals surface area (Å²) in [6.45, 7) is 9.95. The number of ether oxygens (including phenoxy) is 2. The van der Waals surface area contributed by atoms with Crippen LogP contribution in [0.15, 0.2) is 40.2 Å². The molecule has 2 saturated heterocycles. The summed E-state index contributed by atoms with van der Waals surface area (Å²) in [6, 6.07) is 3.77. The maximum atomic E-state index is 13.9. The number of H-pyrrole nitrogens is 1. The van der Waals surface area contributed by atoms with Gasteiger partial charge in [0.25, 0.3) is 0 Å². The molecular weight excluding hydrogens is 794 g/mol. The number of hydrogen-bond acceptors (Lipinski definition) is 13. The van der Waals surface area contributed by atoms with Gasteiger partial charge in [-0.2, -0.15) is 23.5 Å². The fourth-order valence-corrected chi connectivity index (χ4v) is 10.2. The molecule has 2 aliphatic heterocycles. The lowest BCUT2D eigenvalue weighted by Gasteiger charge is -2.36. The number of piperazine rings is 2. The lowest BCUT2D eigenvalue weighted by molar-refractivity contribution is 0.205. The molecule has 4 heterocycles. The summed E-state index contributed by atoms with van der Waals surface area (Å²) < 4.78 is 79.7. The quantitative estimate of drug-likeness (QED) is 0.267. The first kappa shape index (κ1) is 43.3. The summed E-state index contributed by atoms with van der Waals surface area (Å²) in [5, 5.41) is 9.68.